The number of aromatic nitrogens is 1. The Morgan fingerprint density at radius 2 is 1.86 bits per heavy atom. The molecule has 0 aliphatic carbocycles. The van der Waals surface area contributed by atoms with Gasteiger partial charge in [0.05, 0.1) is 10.5 Å². The van der Waals surface area contributed by atoms with E-state index >= 15 is 0 Å². The fourth-order valence-corrected chi connectivity index (χ4v) is 2.94. The molecule has 1 heterocycles. The minimum absolute atomic E-state index is 0.465. The average molecular weight is 363 g/mol. The van der Waals surface area contributed by atoms with Gasteiger partial charge in [-0.15, -0.1) is 0 Å². The monoisotopic (exact) mass is 361 g/mol. The van der Waals surface area contributed by atoms with Crippen LogP contribution in [0, 0.1) is 0 Å². The van der Waals surface area contributed by atoms with Gasteiger partial charge in [-0.2, -0.15) is 0 Å². The zero-order valence-corrected chi connectivity index (χ0v) is 13.6. The summed E-state index contributed by atoms with van der Waals surface area (Å²) in [5.74, 6) is 0.733. The first kappa shape index (κ1) is 14.4. The fourth-order valence-electron chi connectivity index (χ4n) is 2.25. The molecule has 0 spiro atoms. The van der Waals surface area contributed by atoms with E-state index in [0.29, 0.717) is 17.0 Å². The second kappa shape index (κ2) is 6.46. The normalized spacial score (nSPS) is 10.8. The van der Waals surface area contributed by atoms with E-state index in [4.69, 9.17) is 16.3 Å². The van der Waals surface area contributed by atoms with Crippen LogP contribution in [0.25, 0.3) is 10.9 Å². The van der Waals surface area contributed by atoms with E-state index in [1.807, 2.05) is 42.5 Å². The minimum Gasteiger partial charge on any atom is -0.487 e. The Morgan fingerprint density at radius 1 is 1.00 bits per heavy atom. The summed E-state index contributed by atoms with van der Waals surface area (Å²) in [4.78, 5) is 4.36. The Balaban J connectivity index is 1.91. The van der Waals surface area contributed by atoms with Crippen molar-refractivity contribution < 1.29 is 4.74 Å². The van der Waals surface area contributed by atoms with Gasteiger partial charge >= 0.3 is 0 Å². The van der Waals surface area contributed by atoms with Crippen molar-refractivity contribution in [1.82, 2.24) is 4.98 Å². The highest BCUT2D eigenvalue weighted by Gasteiger charge is 2.09. The summed E-state index contributed by atoms with van der Waals surface area (Å²) in [5.41, 5.74) is 3.11. The van der Waals surface area contributed by atoms with Gasteiger partial charge in [-0.05, 0) is 18.2 Å². The lowest BCUT2D eigenvalue weighted by atomic mass is 10.1. The number of hydrogen-bond acceptors (Lipinski definition) is 2. The van der Waals surface area contributed by atoms with Gasteiger partial charge in [0, 0.05) is 28.0 Å². The Bertz CT molecular complexity index is 770. The van der Waals surface area contributed by atoms with Crippen LogP contribution in [0.3, 0.4) is 0 Å². The van der Waals surface area contributed by atoms with E-state index in [-0.39, 0.29) is 0 Å². The van der Waals surface area contributed by atoms with Gasteiger partial charge in [-0.3, -0.25) is 4.98 Å². The Hall–Kier alpha value is -1.58. The fraction of sp³-hybridized carbons (Fsp3) is 0.118. The molecule has 0 amide bonds. The van der Waals surface area contributed by atoms with E-state index < -0.39 is 0 Å². The summed E-state index contributed by atoms with van der Waals surface area (Å²) in [7, 11) is 0. The molecule has 0 aliphatic heterocycles. The SMILES string of the molecule is Clc1cccc(CBr)c1OCc1ccnc2ccccc12. The Labute approximate surface area is 136 Å². The highest BCUT2D eigenvalue weighted by Crippen LogP contribution is 2.31. The zero-order chi connectivity index (χ0) is 14.7. The van der Waals surface area contributed by atoms with Gasteiger partial charge in [-0.1, -0.05) is 57.9 Å². The first-order valence-electron chi connectivity index (χ1n) is 6.58. The van der Waals surface area contributed by atoms with Gasteiger partial charge in [0.15, 0.2) is 0 Å². The van der Waals surface area contributed by atoms with Gasteiger partial charge in [0.2, 0.25) is 0 Å². The molecule has 0 radical (unpaired) electrons. The number of rotatable bonds is 4. The maximum Gasteiger partial charge on any atom is 0.142 e. The molecular formula is C17H13BrClNO. The summed E-state index contributed by atoms with van der Waals surface area (Å²) in [6, 6.07) is 15.8. The van der Waals surface area contributed by atoms with Crippen molar-refractivity contribution >= 4 is 38.4 Å². The summed E-state index contributed by atoms with van der Waals surface area (Å²) in [6.45, 7) is 0.465. The van der Waals surface area contributed by atoms with Crippen LogP contribution in [-0.2, 0) is 11.9 Å². The van der Waals surface area contributed by atoms with Gasteiger partial charge < -0.3 is 4.74 Å². The largest absolute Gasteiger partial charge is 0.487 e. The molecule has 2 nitrogen and oxygen atoms in total. The maximum atomic E-state index is 6.23. The number of halogens is 2. The molecule has 21 heavy (non-hydrogen) atoms. The first-order valence-corrected chi connectivity index (χ1v) is 8.08. The first-order chi connectivity index (χ1) is 10.3. The zero-order valence-electron chi connectivity index (χ0n) is 11.2. The van der Waals surface area contributed by atoms with E-state index in [9.17, 15) is 0 Å². The Kier molecular flexibility index (Phi) is 4.42. The number of fused-ring (bicyclic) bond motifs is 1. The van der Waals surface area contributed by atoms with Crippen molar-refractivity contribution in [3.63, 3.8) is 0 Å². The molecule has 3 aromatic rings. The van der Waals surface area contributed by atoms with E-state index in [1.54, 1.807) is 6.20 Å². The highest BCUT2D eigenvalue weighted by molar-refractivity contribution is 9.08. The number of para-hydroxylation sites is 2. The van der Waals surface area contributed by atoms with Crippen LogP contribution >= 0.6 is 27.5 Å². The predicted molar refractivity (Wildman–Crippen MR) is 90.2 cm³/mol. The number of nitrogens with zero attached hydrogens (tertiary/aromatic N) is 1. The van der Waals surface area contributed by atoms with Gasteiger partial charge in [-0.25, -0.2) is 0 Å². The molecule has 0 N–H and O–H groups in total. The second-order valence-electron chi connectivity index (χ2n) is 4.64. The van der Waals surface area contributed by atoms with E-state index in [0.717, 1.165) is 27.8 Å². The van der Waals surface area contributed by atoms with Crippen molar-refractivity contribution in [3.05, 3.63) is 70.9 Å². The quantitative estimate of drug-likeness (QED) is 0.583. The van der Waals surface area contributed by atoms with Crippen molar-refractivity contribution in [1.29, 1.82) is 0 Å². The molecule has 0 saturated carbocycles. The van der Waals surface area contributed by atoms with Gasteiger partial charge in [0.1, 0.15) is 12.4 Å². The second-order valence-corrected chi connectivity index (χ2v) is 5.61. The molecule has 4 heteroatoms. The molecule has 0 saturated heterocycles. The van der Waals surface area contributed by atoms with Crippen LogP contribution in [0.15, 0.2) is 54.7 Å². The topological polar surface area (TPSA) is 22.1 Å². The lowest BCUT2D eigenvalue weighted by Crippen LogP contribution is -2.00. The van der Waals surface area contributed by atoms with Gasteiger partial charge in [0.25, 0.3) is 0 Å². The van der Waals surface area contributed by atoms with E-state index in [1.165, 1.54) is 0 Å². The molecule has 2 aromatic carbocycles. The number of hydrogen-bond donors (Lipinski definition) is 0. The molecule has 106 valence electrons. The predicted octanol–water partition coefficient (Wildman–Crippen LogP) is 5.36. The summed E-state index contributed by atoms with van der Waals surface area (Å²) in [5, 5.41) is 2.44. The lowest BCUT2D eigenvalue weighted by Gasteiger charge is -2.13. The highest BCUT2D eigenvalue weighted by atomic mass is 79.9. The third kappa shape index (κ3) is 3.04. The van der Waals surface area contributed by atoms with Crippen LogP contribution in [0.2, 0.25) is 5.02 Å². The van der Waals surface area contributed by atoms with Crippen LogP contribution in [-0.4, -0.2) is 4.98 Å². The Morgan fingerprint density at radius 3 is 2.71 bits per heavy atom. The number of benzene rings is 2. The van der Waals surface area contributed by atoms with Crippen molar-refractivity contribution in [2.45, 2.75) is 11.9 Å². The third-order valence-electron chi connectivity index (χ3n) is 3.30. The molecule has 3 rings (SSSR count). The smallest absolute Gasteiger partial charge is 0.142 e. The number of alkyl halides is 1. The molecule has 0 bridgehead atoms. The van der Waals surface area contributed by atoms with Crippen LogP contribution < -0.4 is 4.74 Å². The standard InChI is InChI=1S/C17H13BrClNO/c18-10-12-4-3-6-15(19)17(12)21-11-13-8-9-20-16-7-2-1-5-14(13)16/h1-9H,10-11H2. The molecule has 0 aliphatic rings. The van der Waals surface area contributed by atoms with Crippen molar-refractivity contribution in [2.24, 2.45) is 0 Å². The summed E-state index contributed by atoms with van der Waals surface area (Å²) < 4.78 is 5.96. The summed E-state index contributed by atoms with van der Waals surface area (Å²) in [6.07, 6.45) is 1.80. The van der Waals surface area contributed by atoms with Crippen LogP contribution in [0.4, 0.5) is 0 Å². The molecule has 1 aromatic heterocycles. The molecular weight excluding hydrogens is 350 g/mol. The van der Waals surface area contributed by atoms with E-state index in [2.05, 4.69) is 27.0 Å². The molecule has 0 unspecified atom stereocenters. The molecule has 0 atom stereocenters. The lowest BCUT2D eigenvalue weighted by molar-refractivity contribution is 0.305. The number of pyridine rings is 1. The third-order valence-corrected chi connectivity index (χ3v) is 4.21. The maximum absolute atomic E-state index is 6.23. The molecule has 0 fully saturated rings. The summed E-state index contributed by atoms with van der Waals surface area (Å²) >= 11 is 9.69. The number of ether oxygens (including phenoxy) is 1. The minimum atomic E-state index is 0.465. The van der Waals surface area contributed by atoms with Crippen LogP contribution in [0.1, 0.15) is 11.1 Å². The average Bonchev–Trinajstić information content (AvgIpc) is 2.53. The van der Waals surface area contributed by atoms with Crippen molar-refractivity contribution in [3.8, 4) is 5.75 Å². The van der Waals surface area contributed by atoms with Crippen LogP contribution in [0.5, 0.6) is 5.75 Å². The van der Waals surface area contributed by atoms with Crippen molar-refractivity contribution in [2.75, 3.05) is 0 Å².